The predicted octanol–water partition coefficient (Wildman–Crippen LogP) is 3.37. The molecule has 0 fully saturated rings. The third-order valence-corrected chi connectivity index (χ3v) is 3.86. The summed E-state index contributed by atoms with van der Waals surface area (Å²) in [5.41, 5.74) is -0.671. The van der Waals surface area contributed by atoms with Gasteiger partial charge in [0.2, 0.25) is 11.7 Å². The van der Waals surface area contributed by atoms with Crippen LogP contribution in [0.15, 0.2) is 47.4 Å². The second-order valence-corrected chi connectivity index (χ2v) is 5.56. The van der Waals surface area contributed by atoms with E-state index in [0.29, 0.717) is 4.90 Å². The number of hydrogen-bond acceptors (Lipinski definition) is 6. The van der Waals surface area contributed by atoms with Crippen molar-refractivity contribution >= 4 is 34.7 Å². The maximum atomic E-state index is 13.2. The van der Waals surface area contributed by atoms with Crippen molar-refractivity contribution < 1.29 is 19.0 Å². The number of nitro groups is 2. The molecule has 1 amide bonds. The van der Waals surface area contributed by atoms with E-state index in [1.807, 2.05) is 0 Å². The number of nitrogens with zero attached hydrogens (tertiary/aromatic N) is 2. The van der Waals surface area contributed by atoms with Crippen molar-refractivity contribution in [2.45, 2.75) is 4.90 Å². The molecule has 2 rings (SSSR count). The van der Waals surface area contributed by atoms with E-state index in [2.05, 4.69) is 5.32 Å². The Labute approximate surface area is 139 Å². The van der Waals surface area contributed by atoms with Gasteiger partial charge in [0.25, 0.3) is 5.69 Å². The van der Waals surface area contributed by atoms with Crippen LogP contribution in [0.25, 0.3) is 0 Å². The molecule has 0 aliphatic carbocycles. The molecule has 8 nitrogen and oxygen atoms in total. The van der Waals surface area contributed by atoms with Gasteiger partial charge in [-0.3, -0.25) is 25.0 Å². The maximum Gasteiger partial charge on any atom is 0.306 e. The molecule has 0 saturated carbocycles. The molecule has 24 heavy (non-hydrogen) atoms. The minimum Gasteiger partial charge on any atom is -0.325 e. The largest absolute Gasteiger partial charge is 0.325 e. The summed E-state index contributed by atoms with van der Waals surface area (Å²) < 4.78 is 13.2. The number of amides is 1. The molecule has 0 aliphatic rings. The Kier molecular flexibility index (Phi) is 5.42. The number of hydrogen-bond donors (Lipinski definition) is 1. The molecular weight excluding hydrogens is 341 g/mol. The summed E-state index contributed by atoms with van der Waals surface area (Å²) in [5.74, 6) is -1.44. The zero-order chi connectivity index (χ0) is 17.7. The van der Waals surface area contributed by atoms with E-state index >= 15 is 0 Å². The summed E-state index contributed by atoms with van der Waals surface area (Å²) in [7, 11) is 0. The van der Waals surface area contributed by atoms with Crippen LogP contribution in [0.5, 0.6) is 0 Å². The van der Waals surface area contributed by atoms with Gasteiger partial charge in [0.1, 0.15) is 0 Å². The van der Waals surface area contributed by atoms with E-state index in [1.54, 1.807) is 0 Å². The van der Waals surface area contributed by atoms with Crippen LogP contribution in [-0.4, -0.2) is 21.5 Å². The number of nitro benzene ring substituents is 2. The van der Waals surface area contributed by atoms with Crippen LogP contribution in [0.1, 0.15) is 0 Å². The van der Waals surface area contributed by atoms with Gasteiger partial charge >= 0.3 is 5.69 Å². The molecule has 10 heteroatoms. The van der Waals surface area contributed by atoms with E-state index in [9.17, 15) is 29.4 Å². The van der Waals surface area contributed by atoms with Gasteiger partial charge < -0.3 is 5.32 Å². The first-order chi connectivity index (χ1) is 11.4. The lowest BCUT2D eigenvalue weighted by Crippen LogP contribution is -2.14. The highest BCUT2D eigenvalue weighted by atomic mass is 32.2. The highest BCUT2D eigenvalue weighted by Gasteiger charge is 2.15. The summed E-state index contributed by atoms with van der Waals surface area (Å²) in [5, 5.41) is 23.6. The number of halogens is 1. The minimum absolute atomic E-state index is 0.0109. The van der Waals surface area contributed by atoms with Crippen LogP contribution < -0.4 is 5.32 Å². The topological polar surface area (TPSA) is 115 Å². The standard InChI is InChI=1S/C14H10FN3O5S/c15-12-6-1-9(7-13(12)18(22)23)16-14(19)8-24-11-4-2-10(3-5-11)17(20)21/h1-7H,8H2,(H,16,19). The predicted molar refractivity (Wildman–Crippen MR) is 85.5 cm³/mol. The number of thioether (sulfide) groups is 1. The van der Waals surface area contributed by atoms with Gasteiger partial charge in [-0.05, 0) is 24.3 Å². The first-order valence-electron chi connectivity index (χ1n) is 6.48. The van der Waals surface area contributed by atoms with Crippen molar-refractivity contribution in [3.63, 3.8) is 0 Å². The van der Waals surface area contributed by atoms with Gasteiger partial charge in [-0.15, -0.1) is 11.8 Å². The third kappa shape index (κ3) is 4.49. The SMILES string of the molecule is O=C(CSc1ccc([N+](=O)[O-])cc1)Nc1ccc(F)c([N+](=O)[O-])c1. The van der Waals surface area contributed by atoms with Gasteiger partial charge in [-0.1, -0.05) is 0 Å². The summed E-state index contributed by atoms with van der Waals surface area (Å²) >= 11 is 1.14. The van der Waals surface area contributed by atoms with Gasteiger partial charge in [0, 0.05) is 28.8 Å². The molecule has 0 saturated heterocycles. The fourth-order valence-corrected chi connectivity index (χ4v) is 2.44. The molecule has 0 aliphatic heterocycles. The Morgan fingerprint density at radius 3 is 2.33 bits per heavy atom. The van der Waals surface area contributed by atoms with Gasteiger partial charge in [-0.25, -0.2) is 0 Å². The van der Waals surface area contributed by atoms with Crippen LogP contribution in [0.3, 0.4) is 0 Å². The summed E-state index contributed by atoms with van der Waals surface area (Å²) in [6, 6.07) is 8.72. The summed E-state index contributed by atoms with van der Waals surface area (Å²) in [4.78, 5) is 32.3. The van der Waals surface area contributed by atoms with Crippen LogP contribution >= 0.6 is 11.8 Å². The molecule has 0 unspecified atom stereocenters. The number of carbonyl (C=O) groups is 1. The smallest absolute Gasteiger partial charge is 0.306 e. The summed E-state index contributed by atoms with van der Waals surface area (Å²) in [6.45, 7) is 0. The molecular formula is C14H10FN3O5S. The highest BCUT2D eigenvalue weighted by Crippen LogP contribution is 2.23. The van der Waals surface area contributed by atoms with Crippen molar-refractivity contribution in [1.29, 1.82) is 0 Å². The van der Waals surface area contributed by atoms with Crippen LogP contribution in [-0.2, 0) is 4.79 Å². The van der Waals surface area contributed by atoms with E-state index in [1.165, 1.54) is 30.3 Å². The average molecular weight is 351 g/mol. The number of anilines is 1. The number of benzene rings is 2. The molecule has 2 aromatic rings. The molecule has 1 N–H and O–H groups in total. The first kappa shape index (κ1) is 17.3. The van der Waals surface area contributed by atoms with Crippen LogP contribution in [0, 0.1) is 26.0 Å². The fourth-order valence-electron chi connectivity index (χ4n) is 1.74. The lowest BCUT2D eigenvalue weighted by atomic mass is 10.2. The molecule has 0 radical (unpaired) electrons. The van der Waals surface area contributed by atoms with E-state index < -0.39 is 27.3 Å². The quantitative estimate of drug-likeness (QED) is 0.484. The lowest BCUT2D eigenvalue weighted by molar-refractivity contribution is -0.387. The Morgan fingerprint density at radius 2 is 1.75 bits per heavy atom. The zero-order valence-electron chi connectivity index (χ0n) is 12.0. The number of nitrogens with one attached hydrogen (secondary N) is 1. The van der Waals surface area contributed by atoms with Crippen molar-refractivity contribution in [3.8, 4) is 0 Å². The Balaban J connectivity index is 1.95. The fraction of sp³-hybridized carbons (Fsp3) is 0.0714. The molecule has 0 spiro atoms. The Morgan fingerprint density at radius 1 is 1.08 bits per heavy atom. The van der Waals surface area contributed by atoms with E-state index in [0.717, 1.165) is 23.9 Å². The van der Waals surface area contributed by atoms with Gasteiger partial charge in [0.15, 0.2) is 0 Å². The first-order valence-corrected chi connectivity index (χ1v) is 7.46. The molecule has 124 valence electrons. The summed E-state index contributed by atoms with van der Waals surface area (Å²) in [6.07, 6.45) is 0. The Bertz CT molecular complexity index is 797. The third-order valence-electron chi connectivity index (χ3n) is 2.84. The second kappa shape index (κ2) is 7.51. The van der Waals surface area contributed by atoms with Crippen LogP contribution in [0.2, 0.25) is 0 Å². The minimum atomic E-state index is -0.988. The Hall–Kier alpha value is -3.01. The number of non-ortho nitro benzene ring substituents is 1. The monoisotopic (exact) mass is 351 g/mol. The molecule has 0 atom stereocenters. The van der Waals surface area contributed by atoms with E-state index in [4.69, 9.17) is 0 Å². The lowest BCUT2D eigenvalue weighted by Gasteiger charge is -2.05. The number of carbonyl (C=O) groups excluding carboxylic acids is 1. The van der Waals surface area contributed by atoms with Crippen molar-refractivity contribution in [2.24, 2.45) is 0 Å². The van der Waals surface area contributed by atoms with Crippen molar-refractivity contribution in [3.05, 3.63) is 68.5 Å². The number of rotatable bonds is 6. The molecule has 2 aromatic carbocycles. The van der Waals surface area contributed by atoms with E-state index in [-0.39, 0.29) is 17.1 Å². The molecule has 0 heterocycles. The average Bonchev–Trinajstić information content (AvgIpc) is 2.55. The highest BCUT2D eigenvalue weighted by molar-refractivity contribution is 8.00. The molecule has 0 bridgehead atoms. The maximum absolute atomic E-state index is 13.2. The normalized spacial score (nSPS) is 10.2. The van der Waals surface area contributed by atoms with Crippen molar-refractivity contribution in [1.82, 2.24) is 0 Å². The van der Waals surface area contributed by atoms with Gasteiger partial charge in [0.05, 0.1) is 15.6 Å². The van der Waals surface area contributed by atoms with Crippen LogP contribution in [0.4, 0.5) is 21.5 Å². The molecule has 0 aromatic heterocycles. The second-order valence-electron chi connectivity index (χ2n) is 4.51. The zero-order valence-corrected chi connectivity index (χ0v) is 12.8. The van der Waals surface area contributed by atoms with Crippen molar-refractivity contribution in [2.75, 3.05) is 11.1 Å². The van der Waals surface area contributed by atoms with Gasteiger partial charge in [-0.2, -0.15) is 4.39 Å².